The molecule has 1 saturated heterocycles. The highest BCUT2D eigenvalue weighted by Crippen LogP contribution is 2.28. The van der Waals surface area contributed by atoms with Crippen LogP contribution in [-0.2, 0) is 6.42 Å². The highest BCUT2D eigenvalue weighted by atomic mass is 16.5. The van der Waals surface area contributed by atoms with Crippen LogP contribution in [0.5, 0.6) is 5.75 Å². The molecule has 2 rings (SSSR count). The summed E-state index contributed by atoms with van der Waals surface area (Å²) in [7, 11) is 2.17. The molecule has 1 aliphatic heterocycles. The first kappa shape index (κ1) is 13.4. The number of nitrogens with two attached hydrogens (primary N) is 1. The van der Waals surface area contributed by atoms with Gasteiger partial charge in [-0.25, -0.2) is 0 Å². The second-order valence-electron chi connectivity index (χ2n) is 5.54. The Hall–Kier alpha value is -1.06. The van der Waals surface area contributed by atoms with Gasteiger partial charge in [0.2, 0.25) is 0 Å². The lowest BCUT2D eigenvalue weighted by Gasteiger charge is -2.38. The number of rotatable bonds is 4. The van der Waals surface area contributed by atoms with Crippen LogP contribution in [0.15, 0.2) is 24.3 Å². The topological polar surface area (TPSA) is 38.5 Å². The largest absolute Gasteiger partial charge is 0.487 e. The fourth-order valence-corrected chi connectivity index (χ4v) is 2.37. The Labute approximate surface area is 110 Å². The van der Waals surface area contributed by atoms with E-state index in [1.165, 1.54) is 5.56 Å². The van der Waals surface area contributed by atoms with Crippen molar-refractivity contribution in [2.45, 2.75) is 31.8 Å². The summed E-state index contributed by atoms with van der Waals surface area (Å²) in [5.41, 5.74) is 6.81. The van der Waals surface area contributed by atoms with E-state index in [0.717, 1.165) is 38.1 Å². The molecule has 0 bridgehead atoms. The highest BCUT2D eigenvalue weighted by Gasteiger charge is 2.30. The predicted octanol–water partition coefficient (Wildman–Crippen LogP) is 2.05. The van der Waals surface area contributed by atoms with Gasteiger partial charge in [0.05, 0.1) is 0 Å². The summed E-state index contributed by atoms with van der Waals surface area (Å²) in [4.78, 5) is 2.36. The van der Waals surface area contributed by atoms with E-state index < -0.39 is 0 Å². The number of nitrogens with zero attached hydrogens (tertiary/aromatic N) is 1. The van der Waals surface area contributed by atoms with Crippen molar-refractivity contribution in [3.8, 4) is 5.75 Å². The van der Waals surface area contributed by atoms with E-state index in [0.29, 0.717) is 6.54 Å². The summed E-state index contributed by atoms with van der Waals surface area (Å²) in [5, 5.41) is 0. The number of benzene rings is 1. The molecule has 1 fully saturated rings. The van der Waals surface area contributed by atoms with Crippen molar-refractivity contribution in [1.29, 1.82) is 0 Å². The molecule has 2 N–H and O–H groups in total. The molecule has 0 aromatic heterocycles. The van der Waals surface area contributed by atoms with Gasteiger partial charge in [-0.2, -0.15) is 0 Å². The van der Waals surface area contributed by atoms with Crippen LogP contribution in [0.3, 0.4) is 0 Å². The highest BCUT2D eigenvalue weighted by molar-refractivity contribution is 5.28. The van der Waals surface area contributed by atoms with Crippen molar-refractivity contribution in [3.05, 3.63) is 29.8 Å². The minimum atomic E-state index is -0.0120. The Bertz CT molecular complexity index is 367. The molecule has 1 heterocycles. The minimum absolute atomic E-state index is 0.0120. The first-order valence-corrected chi connectivity index (χ1v) is 6.78. The van der Waals surface area contributed by atoms with Crippen molar-refractivity contribution in [3.63, 3.8) is 0 Å². The molecule has 3 heteroatoms. The van der Waals surface area contributed by atoms with Crippen LogP contribution in [0.2, 0.25) is 0 Å². The van der Waals surface area contributed by atoms with Gasteiger partial charge in [-0.1, -0.05) is 12.1 Å². The third-order valence-corrected chi connectivity index (χ3v) is 3.77. The molecule has 18 heavy (non-hydrogen) atoms. The molecular weight excluding hydrogens is 224 g/mol. The monoisotopic (exact) mass is 248 g/mol. The van der Waals surface area contributed by atoms with Gasteiger partial charge in [-0.05, 0) is 57.5 Å². The molecule has 0 unspecified atom stereocenters. The van der Waals surface area contributed by atoms with Crippen molar-refractivity contribution in [1.82, 2.24) is 4.90 Å². The molecule has 0 aliphatic carbocycles. The molecule has 1 aliphatic rings. The van der Waals surface area contributed by atoms with E-state index in [-0.39, 0.29) is 5.60 Å². The molecule has 0 amide bonds. The van der Waals surface area contributed by atoms with E-state index in [9.17, 15) is 0 Å². The standard InChI is InChI=1S/C15H24N2O/c1-15(8-11-17(2)12-9-15)18-14-5-3-13(4-6-14)7-10-16/h3-6H,7-12,16H2,1-2H3. The first-order chi connectivity index (χ1) is 8.61. The van der Waals surface area contributed by atoms with Crippen LogP contribution in [-0.4, -0.2) is 37.2 Å². The molecule has 1 aromatic rings. The summed E-state index contributed by atoms with van der Waals surface area (Å²) >= 11 is 0. The summed E-state index contributed by atoms with van der Waals surface area (Å²) < 4.78 is 6.17. The maximum absolute atomic E-state index is 6.17. The van der Waals surface area contributed by atoms with Gasteiger partial charge in [0.25, 0.3) is 0 Å². The maximum atomic E-state index is 6.17. The zero-order chi connectivity index (χ0) is 13.0. The second kappa shape index (κ2) is 5.72. The third kappa shape index (κ3) is 3.47. The van der Waals surface area contributed by atoms with E-state index in [4.69, 9.17) is 10.5 Å². The Balaban J connectivity index is 1.96. The van der Waals surface area contributed by atoms with Crippen LogP contribution in [0.25, 0.3) is 0 Å². The van der Waals surface area contributed by atoms with Gasteiger partial charge in [0.1, 0.15) is 11.4 Å². The van der Waals surface area contributed by atoms with Crippen LogP contribution >= 0.6 is 0 Å². The van der Waals surface area contributed by atoms with Gasteiger partial charge in [0.15, 0.2) is 0 Å². The quantitative estimate of drug-likeness (QED) is 0.886. The van der Waals surface area contributed by atoms with Crippen molar-refractivity contribution >= 4 is 0 Å². The number of ether oxygens (including phenoxy) is 1. The van der Waals surface area contributed by atoms with Gasteiger partial charge >= 0.3 is 0 Å². The Kier molecular flexibility index (Phi) is 4.25. The fraction of sp³-hybridized carbons (Fsp3) is 0.600. The van der Waals surface area contributed by atoms with E-state index in [1.54, 1.807) is 0 Å². The molecule has 3 nitrogen and oxygen atoms in total. The maximum Gasteiger partial charge on any atom is 0.120 e. The molecule has 0 saturated carbocycles. The van der Waals surface area contributed by atoms with Gasteiger partial charge in [-0.15, -0.1) is 0 Å². The van der Waals surface area contributed by atoms with Crippen LogP contribution < -0.4 is 10.5 Å². The molecule has 100 valence electrons. The van der Waals surface area contributed by atoms with Crippen LogP contribution in [0, 0.1) is 0 Å². The zero-order valence-electron chi connectivity index (χ0n) is 11.5. The lowest BCUT2D eigenvalue weighted by atomic mass is 9.93. The van der Waals surface area contributed by atoms with Crippen LogP contribution in [0.4, 0.5) is 0 Å². The Morgan fingerprint density at radius 1 is 1.22 bits per heavy atom. The molecule has 1 aromatic carbocycles. The lowest BCUT2D eigenvalue weighted by molar-refractivity contribution is 0.0241. The van der Waals surface area contributed by atoms with Crippen molar-refractivity contribution in [2.75, 3.05) is 26.7 Å². The lowest BCUT2D eigenvalue weighted by Crippen LogP contribution is -2.44. The van der Waals surface area contributed by atoms with E-state index in [1.807, 2.05) is 0 Å². The summed E-state index contributed by atoms with van der Waals surface area (Å²) in [6, 6.07) is 8.35. The van der Waals surface area contributed by atoms with E-state index >= 15 is 0 Å². The number of hydrogen-bond acceptors (Lipinski definition) is 3. The minimum Gasteiger partial charge on any atom is -0.487 e. The van der Waals surface area contributed by atoms with Crippen molar-refractivity contribution in [2.24, 2.45) is 5.73 Å². The Morgan fingerprint density at radius 2 is 1.83 bits per heavy atom. The number of likely N-dealkylation sites (tertiary alicyclic amines) is 1. The predicted molar refractivity (Wildman–Crippen MR) is 75.0 cm³/mol. The Morgan fingerprint density at radius 3 is 2.39 bits per heavy atom. The van der Waals surface area contributed by atoms with E-state index in [2.05, 4.69) is 43.1 Å². The zero-order valence-corrected chi connectivity index (χ0v) is 11.5. The second-order valence-corrected chi connectivity index (χ2v) is 5.54. The number of hydrogen-bond donors (Lipinski definition) is 1. The van der Waals surface area contributed by atoms with Gasteiger partial charge in [0, 0.05) is 13.1 Å². The average molecular weight is 248 g/mol. The van der Waals surface area contributed by atoms with Crippen molar-refractivity contribution < 1.29 is 4.74 Å². The summed E-state index contributed by atoms with van der Waals surface area (Å²) in [6.07, 6.45) is 3.12. The number of piperidine rings is 1. The first-order valence-electron chi connectivity index (χ1n) is 6.78. The van der Waals surface area contributed by atoms with Crippen LogP contribution in [0.1, 0.15) is 25.3 Å². The third-order valence-electron chi connectivity index (χ3n) is 3.77. The van der Waals surface area contributed by atoms with Gasteiger partial charge < -0.3 is 15.4 Å². The summed E-state index contributed by atoms with van der Waals surface area (Å²) in [6.45, 7) is 5.14. The average Bonchev–Trinajstić information content (AvgIpc) is 2.36. The molecule has 0 atom stereocenters. The molecular formula is C15H24N2O. The summed E-state index contributed by atoms with van der Waals surface area (Å²) in [5.74, 6) is 0.975. The van der Waals surface area contributed by atoms with Gasteiger partial charge in [-0.3, -0.25) is 0 Å². The molecule has 0 spiro atoms. The smallest absolute Gasteiger partial charge is 0.120 e. The molecule has 0 radical (unpaired) electrons. The fourth-order valence-electron chi connectivity index (χ4n) is 2.37. The normalized spacial score (nSPS) is 19.7. The SMILES string of the molecule is CN1CCC(C)(Oc2ccc(CCN)cc2)CC1.